The van der Waals surface area contributed by atoms with Crippen LogP contribution in [0.15, 0.2) is 0 Å². The van der Waals surface area contributed by atoms with E-state index in [1.54, 1.807) is 0 Å². The Morgan fingerprint density at radius 2 is 1.67 bits per heavy atom. The van der Waals surface area contributed by atoms with Crippen molar-refractivity contribution in [1.82, 2.24) is 10.2 Å². The van der Waals surface area contributed by atoms with Crippen molar-refractivity contribution in [3.8, 4) is 0 Å². The molecule has 90 valence electrons. The van der Waals surface area contributed by atoms with Gasteiger partial charge in [0.25, 0.3) is 0 Å². The predicted octanol–water partition coefficient (Wildman–Crippen LogP) is 2.35. The summed E-state index contributed by atoms with van der Waals surface area (Å²) < 4.78 is 0. The third-order valence-corrected chi connectivity index (χ3v) is 3.45. The van der Waals surface area contributed by atoms with Crippen LogP contribution in [0.1, 0.15) is 40.5 Å². The van der Waals surface area contributed by atoms with Crippen LogP contribution in [-0.2, 0) is 0 Å². The molecule has 0 spiro atoms. The summed E-state index contributed by atoms with van der Waals surface area (Å²) in [4.78, 5) is 2.71. The molecule has 2 aliphatic heterocycles. The summed E-state index contributed by atoms with van der Waals surface area (Å²) in [5.41, 5.74) is 0. The third-order valence-electron chi connectivity index (χ3n) is 3.45. The molecule has 2 heteroatoms. The van der Waals surface area contributed by atoms with Crippen molar-refractivity contribution < 1.29 is 0 Å². The molecule has 2 nitrogen and oxygen atoms in total. The Bertz CT molecular complexity index is 154. The monoisotopic (exact) mass is 212 g/mol. The van der Waals surface area contributed by atoms with Gasteiger partial charge in [0.1, 0.15) is 0 Å². The molecule has 3 atom stereocenters. The van der Waals surface area contributed by atoms with Gasteiger partial charge in [0.2, 0.25) is 0 Å². The summed E-state index contributed by atoms with van der Waals surface area (Å²) in [6, 6.07) is 0.838. The van der Waals surface area contributed by atoms with Crippen molar-refractivity contribution >= 4 is 0 Å². The molecule has 1 N–H and O–H groups in total. The molecule has 2 rings (SSSR count). The van der Waals surface area contributed by atoms with Gasteiger partial charge in [-0.15, -0.1) is 0 Å². The first-order valence-corrected chi connectivity index (χ1v) is 6.70. The highest BCUT2D eigenvalue weighted by molar-refractivity contribution is 4.85. The summed E-state index contributed by atoms with van der Waals surface area (Å²) in [7, 11) is 0. The van der Waals surface area contributed by atoms with Gasteiger partial charge in [0, 0.05) is 25.7 Å². The first-order chi connectivity index (χ1) is 7.25. The fourth-order valence-electron chi connectivity index (χ4n) is 2.96. The van der Waals surface area contributed by atoms with E-state index >= 15 is 0 Å². The van der Waals surface area contributed by atoms with Crippen LogP contribution in [0.2, 0.25) is 0 Å². The lowest BCUT2D eigenvalue weighted by Crippen LogP contribution is -2.45. The van der Waals surface area contributed by atoms with E-state index in [0.717, 1.165) is 17.9 Å². The minimum atomic E-state index is 0.838. The summed E-state index contributed by atoms with van der Waals surface area (Å²) in [6.45, 7) is 13.9. The van der Waals surface area contributed by atoms with Crippen LogP contribution in [0, 0.1) is 11.8 Å². The van der Waals surface area contributed by atoms with E-state index in [4.69, 9.17) is 0 Å². The van der Waals surface area contributed by atoms with Crippen LogP contribution in [0.25, 0.3) is 0 Å². The second-order valence-corrected chi connectivity index (χ2v) is 5.05. The fraction of sp³-hybridized carbons (Fsp3) is 1.00. The molecule has 0 radical (unpaired) electrons. The van der Waals surface area contributed by atoms with Crippen LogP contribution >= 0.6 is 0 Å². The van der Waals surface area contributed by atoms with Gasteiger partial charge in [0.15, 0.2) is 0 Å². The second-order valence-electron chi connectivity index (χ2n) is 5.05. The van der Waals surface area contributed by atoms with Gasteiger partial charge in [-0.3, -0.25) is 4.90 Å². The lowest BCUT2D eigenvalue weighted by molar-refractivity contribution is 0.103. The highest BCUT2D eigenvalue weighted by atomic mass is 15.2. The Kier molecular flexibility index (Phi) is 5.62. The second kappa shape index (κ2) is 6.49. The van der Waals surface area contributed by atoms with Gasteiger partial charge in [-0.2, -0.15) is 0 Å². The lowest BCUT2D eigenvalue weighted by Gasteiger charge is -2.38. The van der Waals surface area contributed by atoms with Gasteiger partial charge < -0.3 is 5.32 Å². The van der Waals surface area contributed by atoms with Crippen molar-refractivity contribution in [1.29, 1.82) is 0 Å². The van der Waals surface area contributed by atoms with E-state index in [0.29, 0.717) is 0 Å². The van der Waals surface area contributed by atoms with Gasteiger partial charge in [-0.1, -0.05) is 27.7 Å². The van der Waals surface area contributed by atoms with E-state index < -0.39 is 0 Å². The average Bonchev–Trinajstić information content (AvgIpc) is 2.72. The van der Waals surface area contributed by atoms with Crippen LogP contribution in [0.5, 0.6) is 0 Å². The number of nitrogens with one attached hydrogen (secondary N) is 1. The zero-order valence-corrected chi connectivity index (χ0v) is 10.9. The van der Waals surface area contributed by atoms with Crippen molar-refractivity contribution in [3.05, 3.63) is 0 Å². The maximum Gasteiger partial charge on any atom is 0.0232 e. The van der Waals surface area contributed by atoms with Crippen LogP contribution < -0.4 is 5.32 Å². The van der Waals surface area contributed by atoms with E-state index in [9.17, 15) is 0 Å². The van der Waals surface area contributed by atoms with E-state index in [1.165, 1.54) is 39.0 Å². The van der Waals surface area contributed by atoms with Crippen LogP contribution in [-0.4, -0.2) is 37.1 Å². The Hall–Kier alpha value is -0.0800. The molecule has 0 amide bonds. The maximum atomic E-state index is 3.46. The Balaban J connectivity index is 0.000000531. The minimum Gasteiger partial charge on any atom is -0.315 e. The minimum absolute atomic E-state index is 0.838. The molecule has 2 fully saturated rings. The molecule has 0 bridgehead atoms. The molecule has 15 heavy (non-hydrogen) atoms. The topological polar surface area (TPSA) is 15.3 Å². The molecule has 0 aliphatic carbocycles. The summed E-state index contributed by atoms with van der Waals surface area (Å²) >= 11 is 0. The van der Waals surface area contributed by atoms with Crippen molar-refractivity contribution in [2.75, 3.05) is 26.2 Å². The van der Waals surface area contributed by atoms with Crippen molar-refractivity contribution in [2.24, 2.45) is 11.8 Å². The number of piperidine rings is 1. The first-order valence-electron chi connectivity index (χ1n) is 6.70. The quantitative estimate of drug-likeness (QED) is 0.718. The molecule has 2 aliphatic rings. The fourth-order valence-corrected chi connectivity index (χ4v) is 2.96. The summed E-state index contributed by atoms with van der Waals surface area (Å²) in [6.07, 6.45) is 2.79. The SMILES string of the molecule is CC.CC1CC(C)CN(C2CCNC2)C1. The lowest BCUT2D eigenvalue weighted by atomic mass is 9.91. The molecule has 0 aromatic heterocycles. The van der Waals surface area contributed by atoms with Crippen molar-refractivity contribution in [3.63, 3.8) is 0 Å². The third kappa shape index (κ3) is 3.76. The number of hydrogen-bond acceptors (Lipinski definition) is 2. The van der Waals surface area contributed by atoms with E-state index in [2.05, 4.69) is 24.1 Å². The molecule has 2 heterocycles. The summed E-state index contributed by atoms with van der Waals surface area (Å²) in [5.74, 6) is 1.81. The van der Waals surface area contributed by atoms with Gasteiger partial charge in [0.05, 0.1) is 0 Å². The van der Waals surface area contributed by atoms with Crippen LogP contribution in [0.3, 0.4) is 0 Å². The van der Waals surface area contributed by atoms with Crippen LogP contribution in [0.4, 0.5) is 0 Å². The molecule has 3 unspecified atom stereocenters. The number of hydrogen-bond donors (Lipinski definition) is 1. The van der Waals surface area contributed by atoms with Gasteiger partial charge in [-0.25, -0.2) is 0 Å². The first kappa shape index (κ1) is 13.0. The molecular formula is C13H28N2. The van der Waals surface area contributed by atoms with Crippen molar-refractivity contribution in [2.45, 2.75) is 46.6 Å². The summed E-state index contributed by atoms with van der Waals surface area (Å²) in [5, 5.41) is 3.46. The van der Waals surface area contributed by atoms with E-state index in [-0.39, 0.29) is 0 Å². The predicted molar refractivity (Wildman–Crippen MR) is 67.1 cm³/mol. The molecular weight excluding hydrogens is 184 g/mol. The standard InChI is InChI=1S/C11H22N2.C2H6/c1-9-5-10(2)8-13(7-9)11-3-4-12-6-11;1-2/h9-12H,3-8H2,1-2H3;1-2H3. The highest BCUT2D eigenvalue weighted by Gasteiger charge is 2.28. The molecule has 0 saturated carbocycles. The maximum absolute atomic E-state index is 3.46. The number of likely N-dealkylation sites (tertiary alicyclic amines) is 1. The largest absolute Gasteiger partial charge is 0.315 e. The van der Waals surface area contributed by atoms with Gasteiger partial charge >= 0.3 is 0 Å². The Morgan fingerprint density at radius 3 is 2.13 bits per heavy atom. The highest BCUT2D eigenvalue weighted by Crippen LogP contribution is 2.24. The average molecular weight is 212 g/mol. The Labute approximate surface area is 95.4 Å². The number of nitrogens with zero attached hydrogens (tertiary/aromatic N) is 1. The zero-order chi connectivity index (χ0) is 11.3. The molecule has 0 aromatic rings. The Morgan fingerprint density at radius 1 is 1.07 bits per heavy atom. The molecule has 2 saturated heterocycles. The van der Waals surface area contributed by atoms with E-state index in [1.807, 2.05) is 13.8 Å². The molecule has 0 aromatic carbocycles. The normalized spacial score (nSPS) is 37.2. The zero-order valence-electron chi connectivity index (χ0n) is 10.9. The number of rotatable bonds is 1. The van der Waals surface area contributed by atoms with Gasteiger partial charge in [-0.05, 0) is 31.2 Å². The smallest absolute Gasteiger partial charge is 0.0232 e.